The number of nitrogens with one attached hydrogen (secondary N) is 2. The van der Waals surface area contributed by atoms with Crippen LogP contribution in [0.15, 0.2) is 18.2 Å². The van der Waals surface area contributed by atoms with Crippen LogP contribution in [-0.4, -0.2) is 68.6 Å². The largest absolute Gasteiger partial charge is 0.493 e. The SMILES string of the molecule is COCCCOc1cc(CC(CC(N)C(O)CNC(=O)C(C)(C)NC(C)=O)C(C)C)ccc1OC.Cl. The summed E-state index contributed by atoms with van der Waals surface area (Å²) in [6, 6.07) is 5.39. The first-order valence-corrected chi connectivity index (χ1v) is 12.2. The van der Waals surface area contributed by atoms with Crippen LogP contribution in [0.3, 0.4) is 0 Å². The zero-order valence-corrected chi connectivity index (χ0v) is 23.6. The summed E-state index contributed by atoms with van der Waals surface area (Å²) in [7, 11) is 3.28. The molecule has 0 saturated heterocycles. The van der Waals surface area contributed by atoms with Crippen LogP contribution in [0.2, 0.25) is 0 Å². The minimum Gasteiger partial charge on any atom is -0.493 e. The highest BCUT2D eigenvalue weighted by molar-refractivity contribution is 5.90. The number of hydrogen-bond donors (Lipinski definition) is 4. The summed E-state index contributed by atoms with van der Waals surface area (Å²) >= 11 is 0. The van der Waals surface area contributed by atoms with E-state index in [-0.39, 0.29) is 36.7 Å². The summed E-state index contributed by atoms with van der Waals surface area (Å²) in [5.41, 5.74) is 6.35. The van der Waals surface area contributed by atoms with Gasteiger partial charge in [0.1, 0.15) is 5.54 Å². The number of benzene rings is 1. The molecule has 3 atom stereocenters. The van der Waals surface area contributed by atoms with Gasteiger partial charge in [0.15, 0.2) is 11.5 Å². The molecule has 0 aromatic heterocycles. The Morgan fingerprint density at radius 2 is 1.81 bits per heavy atom. The molecule has 36 heavy (non-hydrogen) atoms. The average Bonchev–Trinajstić information content (AvgIpc) is 2.78. The van der Waals surface area contributed by atoms with Gasteiger partial charge in [0.25, 0.3) is 0 Å². The molecule has 10 heteroatoms. The molecule has 0 fully saturated rings. The van der Waals surface area contributed by atoms with Crippen molar-refractivity contribution in [1.82, 2.24) is 10.6 Å². The first kappa shape index (κ1) is 33.9. The molecule has 208 valence electrons. The lowest BCUT2D eigenvalue weighted by Gasteiger charge is -2.29. The van der Waals surface area contributed by atoms with Crippen LogP contribution in [0.25, 0.3) is 0 Å². The van der Waals surface area contributed by atoms with Crippen molar-refractivity contribution in [3.63, 3.8) is 0 Å². The van der Waals surface area contributed by atoms with Crippen molar-refractivity contribution >= 4 is 24.2 Å². The Balaban J connectivity index is 0.0000122. The van der Waals surface area contributed by atoms with E-state index in [1.54, 1.807) is 28.1 Å². The molecule has 0 saturated carbocycles. The summed E-state index contributed by atoms with van der Waals surface area (Å²) in [6.45, 7) is 10.00. The summed E-state index contributed by atoms with van der Waals surface area (Å²) in [5, 5.41) is 15.9. The maximum Gasteiger partial charge on any atom is 0.245 e. The normalized spacial score (nSPS) is 13.8. The van der Waals surface area contributed by atoms with Crippen LogP contribution in [0.4, 0.5) is 0 Å². The van der Waals surface area contributed by atoms with E-state index in [4.69, 9.17) is 19.9 Å². The number of nitrogens with two attached hydrogens (primary N) is 1. The third-order valence-electron chi connectivity index (χ3n) is 6.02. The van der Waals surface area contributed by atoms with Gasteiger partial charge in [-0.3, -0.25) is 9.59 Å². The third kappa shape index (κ3) is 11.8. The molecule has 0 aliphatic heterocycles. The van der Waals surface area contributed by atoms with E-state index in [0.29, 0.717) is 37.1 Å². The topological polar surface area (TPSA) is 132 Å². The number of hydrogen-bond acceptors (Lipinski definition) is 7. The monoisotopic (exact) mass is 531 g/mol. The van der Waals surface area contributed by atoms with Crippen LogP contribution in [0.5, 0.6) is 11.5 Å². The van der Waals surface area contributed by atoms with Gasteiger partial charge in [-0.1, -0.05) is 19.9 Å². The second-order valence-electron chi connectivity index (χ2n) is 9.87. The van der Waals surface area contributed by atoms with Crippen LogP contribution < -0.4 is 25.8 Å². The lowest BCUT2D eigenvalue weighted by atomic mass is 9.83. The molecule has 3 unspecified atom stereocenters. The van der Waals surface area contributed by atoms with E-state index < -0.39 is 17.7 Å². The number of ether oxygens (including phenoxy) is 3. The minimum atomic E-state index is -1.08. The Morgan fingerprint density at radius 3 is 2.36 bits per heavy atom. The highest BCUT2D eigenvalue weighted by Crippen LogP contribution is 2.31. The summed E-state index contributed by atoms with van der Waals surface area (Å²) in [4.78, 5) is 23.7. The number of aliphatic hydroxyl groups is 1. The van der Waals surface area contributed by atoms with Crippen LogP contribution in [0, 0.1) is 11.8 Å². The van der Waals surface area contributed by atoms with Gasteiger partial charge in [-0.15, -0.1) is 12.4 Å². The number of carbonyl (C=O) groups is 2. The number of halogens is 1. The predicted octanol–water partition coefficient (Wildman–Crippen LogP) is 2.46. The molecule has 0 bridgehead atoms. The van der Waals surface area contributed by atoms with Gasteiger partial charge in [-0.25, -0.2) is 0 Å². The Bertz CT molecular complexity index is 806. The molecule has 0 aliphatic carbocycles. The second kappa shape index (κ2) is 16.6. The Kier molecular flexibility index (Phi) is 15.7. The molecular formula is C26H46ClN3O6. The zero-order valence-electron chi connectivity index (χ0n) is 22.8. The predicted molar refractivity (Wildman–Crippen MR) is 144 cm³/mol. The highest BCUT2D eigenvalue weighted by atomic mass is 35.5. The van der Waals surface area contributed by atoms with Crippen molar-refractivity contribution < 1.29 is 28.9 Å². The van der Waals surface area contributed by atoms with E-state index in [9.17, 15) is 14.7 Å². The lowest BCUT2D eigenvalue weighted by Crippen LogP contribution is -2.56. The van der Waals surface area contributed by atoms with E-state index >= 15 is 0 Å². The molecular weight excluding hydrogens is 486 g/mol. The van der Waals surface area contributed by atoms with E-state index in [1.165, 1.54) is 6.92 Å². The van der Waals surface area contributed by atoms with Crippen molar-refractivity contribution in [3.8, 4) is 11.5 Å². The van der Waals surface area contributed by atoms with E-state index in [1.807, 2.05) is 18.2 Å². The molecule has 1 aromatic rings. The standard InChI is InChI=1S/C26H45N3O6.ClH/c1-17(2)20(13-19-9-10-23(34-7)24(14-19)35-12-8-11-33-6)15-21(27)22(31)16-28-25(32)26(4,5)29-18(3)30;/h9-10,14,17,20-22,31H,8,11-13,15-16,27H2,1-7H3,(H,28,32)(H,29,30);1H. The summed E-state index contributed by atoms with van der Waals surface area (Å²) < 4.78 is 16.4. The van der Waals surface area contributed by atoms with Crippen molar-refractivity contribution in [2.75, 3.05) is 34.0 Å². The summed E-state index contributed by atoms with van der Waals surface area (Å²) in [6.07, 6.45) is 1.21. The van der Waals surface area contributed by atoms with Crippen LogP contribution in [0.1, 0.15) is 53.0 Å². The fourth-order valence-electron chi connectivity index (χ4n) is 3.81. The second-order valence-corrected chi connectivity index (χ2v) is 9.87. The Labute approximate surface area is 222 Å². The lowest BCUT2D eigenvalue weighted by molar-refractivity contribution is -0.131. The van der Waals surface area contributed by atoms with Crippen molar-refractivity contribution in [1.29, 1.82) is 0 Å². The number of aliphatic hydroxyl groups excluding tert-OH is 1. The van der Waals surface area contributed by atoms with E-state index in [2.05, 4.69) is 24.5 Å². The van der Waals surface area contributed by atoms with Crippen LogP contribution in [-0.2, 0) is 20.7 Å². The highest BCUT2D eigenvalue weighted by Gasteiger charge is 2.29. The van der Waals surface area contributed by atoms with Gasteiger partial charge in [0, 0.05) is 39.6 Å². The zero-order chi connectivity index (χ0) is 26.6. The Hall–Kier alpha value is -2.07. The van der Waals surface area contributed by atoms with Gasteiger partial charge in [-0.05, 0) is 56.2 Å². The minimum absolute atomic E-state index is 0. The number of carbonyl (C=O) groups excluding carboxylic acids is 2. The molecule has 9 nitrogen and oxygen atoms in total. The molecule has 0 heterocycles. The Morgan fingerprint density at radius 1 is 1.14 bits per heavy atom. The van der Waals surface area contributed by atoms with Crippen molar-refractivity contribution in [3.05, 3.63) is 23.8 Å². The quantitative estimate of drug-likeness (QED) is 0.241. The van der Waals surface area contributed by atoms with Gasteiger partial charge >= 0.3 is 0 Å². The molecule has 0 spiro atoms. The molecule has 0 aliphatic rings. The van der Waals surface area contributed by atoms with Gasteiger partial charge in [0.2, 0.25) is 11.8 Å². The molecule has 0 radical (unpaired) electrons. The molecule has 2 amide bonds. The van der Waals surface area contributed by atoms with Crippen molar-refractivity contribution in [2.45, 2.75) is 71.6 Å². The fraction of sp³-hybridized carbons (Fsp3) is 0.692. The first-order valence-electron chi connectivity index (χ1n) is 12.2. The number of methoxy groups -OCH3 is 2. The maximum absolute atomic E-state index is 12.4. The third-order valence-corrected chi connectivity index (χ3v) is 6.02. The molecule has 5 N–H and O–H groups in total. The van der Waals surface area contributed by atoms with Gasteiger partial charge in [0.05, 0.1) is 19.8 Å². The van der Waals surface area contributed by atoms with E-state index in [0.717, 1.165) is 18.4 Å². The van der Waals surface area contributed by atoms with Crippen molar-refractivity contribution in [2.24, 2.45) is 17.6 Å². The average molecular weight is 532 g/mol. The van der Waals surface area contributed by atoms with Crippen LogP contribution >= 0.6 is 12.4 Å². The smallest absolute Gasteiger partial charge is 0.245 e. The van der Waals surface area contributed by atoms with Gasteiger partial charge < -0.3 is 35.7 Å². The first-order chi connectivity index (χ1) is 16.4. The fourth-order valence-corrected chi connectivity index (χ4v) is 3.81. The van der Waals surface area contributed by atoms with Gasteiger partial charge in [-0.2, -0.15) is 0 Å². The maximum atomic E-state index is 12.4. The molecule has 1 aromatic carbocycles. The summed E-state index contributed by atoms with van der Waals surface area (Å²) in [5.74, 6) is 1.23. The number of amides is 2. The number of rotatable bonds is 16. The molecule has 1 rings (SSSR count).